The lowest BCUT2D eigenvalue weighted by atomic mass is 9.98. The van der Waals surface area contributed by atoms with Crippen molar-refractivity contribution >= 4 is 12.0 Å². The third kappa shape index (κ3) is 5.66. The monoisotopic (exact) mass is 327 g/mol. The van der Waals surface area contributed by atoms with Gasteiger partial charge in [0.15, 0.2) is 0 Å². The molecule has 0 aromatic heterocycles. The first-order valence-electron chi connectivity index (χ1n) is 8.66. The Morgan fingerprint density at radius 2 is 1.78 bits per heavy atom. The van der Waals surface area contributed by atoms with Crippen LogP contribution < -0.4 is 5.32 Å². The van der Waals surface area contributed by atoms with Crippen LogP contribution in [0.4, 0.5) is 4.79 Å². The first kappa shape index (κ1) is 18.0. The molecule has 7 nitrogen and oxygen atoms in total. The molecule has 0 spiro atoms. The fourth-order valence-corrected chi connectivity index (χ4v) is 3.22. The molecule has 0 atom stereocenters. The van der Waals surface area contributed by atoms with Gasteiger partial charge in [0.25, 0.3) is 0 Å². The Kier molecular flexibility index (Phi) is 7.11. The van der Waals surface area contributed by atoms with Crippen LogP contribution in [0.25, 0.3) is 0 Å². The van der Waals surface area contributed by atoms with E-state index in [1.165, 1.54) is 0 Å². The number of rotatable bonds is 5. The second-order valence-electron chi connectivity index (χ2n) is 6.43. The van der Waals surface area contributed by atoms with Gasteiger partial charge in [-0.1, -0.05) is 0 Å². The quantitative estimate of drug-likeness (QED) is 0.765. The summed E-state index contributed by atoms with van der Waals surface area (Å²) < 4.78 is 4.99. The minimum absolute atomic E-state index is 0.0574. The number of likely N-dealkylation sites (tertiary alicyclic amines) is 2. The standard InChI is InChI=1S/C16H29N3O4/c1-2-23-16(22)19-9-5-14(6-10-19)17-15(21)11-18-7-3-13(12-20)4-8-18/h13-14,20H,2-12H2,1H3,(H,17,21). The Labute approximate surface area is 138 Å². The van der Waals surface area contributed by atoms with Crippen LogP contribution in [0.15, 0.2) is 0 Å². The molecule has 0 unspecified atom stereocenters. The molecule has 2 heterocycles. The minimum Gasteiger partial charge on any atom is -0.450 e. The smallest absolute Gasteiger partial charge is 0.409 e. The summed E-state index contributed by atoms with van der Waals surface area (Å²) in [7, 11) is 0. The number of carbonyl (C=O) groups excluding carboxylic acids is 2. The lowest BCUT2D eigenvalue weighted by Gasteiger charge is -2.33. The number of aliphatic hydroxyl groups excluding tert-OH is 1. The van der Waals surface area contributed by atoms with Crippen LogP contribution in [-0.2, 0) is 9.53 Å². The van der Waals surface area contributed by atoms with Gasteiger partial charge in [-0.05, 0) is 51.6 Å². The van der Waals surface area contributed by atoms with E-state index in [1.54, 1.807) is 11.8 Å². The minimum atomic E-state index is -0.260. The molecule has 132 valence electrons. The number of ether oxygens (including phenoxy) is 1. The molecule has 2 aliphatic heterocycles. The summed E-state index contributed by atoms with van der Waals surface area (Å²) in [5.41, 5.74) is 0. The lowest BCUT2D eigenvalue weighted by Crippen LogP contribution is -2.49. The molecule has 2 saturated heterocycles. The number of hydrogen-bond acceptors (Lipinski definition) is 5. The average Bonchev–Trinajstić information content (AvgIpc) is 2.56. The van der Waals surface area contributed by atoms with Crippen LogP contribution in [0.1, 0.15) is 32.6 Å². The zero-order chi connectivity index (χ0) is 16.7. The van der Waals surface area contributed by atoms with Gasteiger partial charge in [0, 0.05) is 25.7 Å². The SMILES string of the molecule is CCOC(=O)N1CCC(NC(=O)CN2CCC(CO)CC2)CC1. The van der Waals surface area contributed by atoms with Crippen molar-refractivity contribution < 1.29 is 19.4 Å². The molecule has 0 saturated carbocycles. The molecule has 0 aliphatic carbocycles. The van der Waals surface area contributed by atoms with Crippen LogP contribution >= 0.6 is 0 Å². The molecule has 2 rings (SSSR count). The topological polar surface area (TPSA) is 82.1 Å². The molecular weight excluding hydrogens is 298 g/mol. The summed E-state index contributed by atoms with van der Waals surface area (Å²) >= 11 is 0. The van der Waals surface area contributed by atoms with Crippen LogP contribution in [0.2, 0.25) is 0 Å². The molecule has 0 bridgehead atoms. The number of hydrogen-bond donors (Lipinski definition) is 2. The first-order chi connectivity index (χ1) is 11.1. The van der Waals surface area contributed by atoms with E-state index in [-0.39, 0.29) is 24.6 Å². The van der Waals surface area contributed by atoms with E-state index in [0.717, 1.165) is 38.8 Å². The van der Waals surface area contributed by atoms with Crippen LogP contribution in [0.3, 0.4) is 0 Å². The summed E-state index contributed by atoms with van der Waals surface area (Å²) in [5.74, 6) is 0.448. The summed E-state index contributed by atoms with van der Waals surface area (Å²) in [6.07, 6.45) is 3.21. The van der Waals surface area contributed by atoms with E-state index in [1.807, 2.05) is 0 Å². The van der Waals surface area contributed by atoms with Crippen molar-refractivity contribution in [2.24, 2.45) is 5.92 Å². The summed E-state index contributed by atoms with van der Waals surface area (Å²) in [6.45, 7) is 5.88. The van der Waals surface area contributed by atoms with E-state index < -0.39 is 0 Å². The molecular formula is C16H29N3O4. The number of carbonyl (C=O) groups is 2. The second-order valence-corrected chi connectivity index (χ2v) is 6.43. The fraction of sp³-hybridized carbons (Fsp3) is 0.875. The fourth-order valence-electron chi connectivity index (χ4n) is 3.22. The van der Waals surface area contributed by atoms with Gasteiger partial charge in [-0.15, -0.1) is 0 Å². The Morgan fingerprint density at radius 1 is 1.13 bits per heavy atom. The summed E-state index contributed by atoms with van der Waals surface area (Å²) in [5, 5.41) is 12.2. The Bertz CT molecular complexity index is 389. The number of nitrogens with zero attached hydrogens (tertiary/aromatic N) is 2. The number of aliphatic hydroxyl groups is 1. The maximum atomic E-state index is 12.1. The molecule has 2 amide bonds. The third-order valence-electron chi connectivity index (χ3n) is 4.72. The molecule has 0 radical (unpaired) electrons. The van der Waals surface area contributed by atoms with Crippen LogP contribution in [0.5, 0.6) is 0 Å². The van der Waals surface area contributed by atoms with Crippen molar-refractivity contribution in [3.8, 4) is 0 Å². The van der Waals surface area contributed by atoms with Gasteiger partial charge in [0.05, 0.1) is 13.2 Å². The zero-order valence-electron chi connectivity index (χ0n) is 14.0. The predicted octanol–water partition coefficient (Wildman–Crippen LogP) is 0.428. The van der Waals surface area contributed by atoms with E-state index in [4.69, 9.17) is 9.84 Å². The van der Waals surface area contributed by atoms with Crippen molar-refractivity contribution in [2.75, 3.05) is 45.9 Å². The average molecular weight is 327 g/mol. The van der Waals surface area contributed by atoms with E-state index in [2.05, 4.69) is 10.2 Å². The second kappa shape index (κ2) is 9.08. The molecule has 23 heavy (non-hydrogen) atoms. The molecule has 2 N–H and O–H groups in total. The first-order valence-corrected chi connectivity index (χ1v) is 8.66. The molecule has 0 aromatic rings. The number of piperidine rings is 2. The highest BCUT2D eigenvalue weighted by Gasteiger charge is 2.25. The van der Waals surface area contributed by atoms with Crippen LogP contribution in [-0.4, -0.2) is 78.9 Å². The van der Waals surface area contributed by atoms with Gasteiger partial charge < -0.3 is 20.1 Å². The van der Waals surface area contributed by atoms with Crippen molar-refractivity contribution in [1.82, 2.24) is 15.1 Å². The van der Waals surface area contributed by atoms with E-state index >= 15 is 0 Å². The molecule has 2 fully saturated rings. The van der Waals surface area contributed by atoms with Gasteiger partial charge in [0.1, 0.15) is 0 Å². The summed E-state index contributed by atoms with van der Waals surface area (Å²) in [4.78, 5) is 27.6. The maximum Gasteiger partial charge on any atom is 0.409 e. The Hall–Kier alpha value is -1.34. The number of amides is 2. The van der Waals surface area contributed by atoms with Gasteiger partial charge in [-0.2, -0.15) is 0 Å². The van der Waals surface area contributed by atoms with Crippen molar-refractivity contribution in [3.05, 3.63) is 0 Å². The highest BCUT2D eigenvalue weighted by Crippen LogP contribution is 2.16. The van der Waals surface area contributed by atoms with Crippen molar-refractivity contribution in [2.45, 2.75) is 38.6 Å². The highest BCUT2D eigenvalue weighted by molar-refractivity contribution is 5.78. The maximum absolute atomic E-state index is 12.1. The Balaban J connectivity index is 1.64. The Morgan fingerprint density at radius 3 is 2.35 bits per heavy atom. The molecule has 2 aliphatic rings. The van der Waals surface area contributed by atoms with Gasteiger partial charge in [-0.25, -0.2) is 4.79 Å². The van der Waals surface area contributed by atoms with Crippen molar-refractivity contribution in [1.29, 1.82) is 0 Å². The van der Waals surface area contributed by atoms with Crippen molar-refractivity contribution in [3.63, 3.8) is 0 Å². The highest BCUT2D eigenvalue weighted by atomic mass is 16.6. The molecule has 7 heteroatoms. The van der Waals surface area contributed by atoms with E-state index in [9.17, 15) is 9.59 Å². The van der Waals surface area contributed by atoms with E-state index in [0.29, 0.717) is 32.2 Å². The van der Waals surface area contributed by atoms with Crippen LogP contribution in [0, 0.1) is 5.92 Å². The normalized spacial score (nSPS) is 21.2. The van der Waals surface area contributed by atoms with Gasteiger partial charge >= 0.3 is 6.09 Å². The predicted molar refractivity (Wildman–Crippen MR) is 86.0 cm³/mol. The van der Waals surface area contributed by atoms with Gasteiger partial charge in [-0.3, -0.25) is 9.69 Å². The third-order valence-corrected chi connectivity index (χ3v) is 4.72. The summed E-state index contributed by atoms with van der Waals surface area (Å²) in [6, 6.07) is 0.142. The van der Waals surface area contributed by atoms with Gasteiger partial charge in [0.2, 0.25) is 5.91 Å². The number of nitrogens with one attached hydrogen (secondary N) is 1. The largest absolute Gasteiger partial charge is 0.450 e. The molecule has 0 aromatic carbocycles. The zero-order valence-corrected chi connectivity index (χ0v) is 14.0. The lowest BCUT2D eigenvalue weighted by molar-refractivity contribution is -0.123.